The summed E-state index contributed by atoms with van der Waals surface area (Å²) in [4.78, 5) is 49.3. The number of fused-ring (bicyclic) bond motifs is 1. The standard InChI is InChI=1S/C18H18N2O6S2/c1-10(21)26-6-2-4-11-9-28-17-14(16(23)20(17)15(11)18(24)25)19-13(22)8-12-5-3-7-27-12/h2-5,7,14,17H,6,8-9H2,1H3,(H,19,22)(H,24,25)/b4-2+/t14-,17-/m1/s1. The molecule has 2 N–H and O–H groups in total. The predicted molar refractivity (Wildman–Crippen MR) is 103 cm³/mol. The topological polar surface area (TPSA) is 113 Å². The highest BCUT2D eigenvalue weighted by Gasteiger charge is 2.53. The highest BCUT2D eigenvalue weighted by molar-refractivity contribution is 8.00. The minimum atomic E-state index is -1.21. The van der Waals surface area contributed by atoms with E-state index in [1.165, 1.54) is 41.0 Å². The van der Waals surface area contributed by atoms with E-state index in [1.54, 1.807) is 6.08 Å². The van der Waals surface area contributed by atoms with Crippen LogP contribution in [0.3, 0.4) is 0 Å². The number of carbonyl (C=O) groups is 4. The van der Waals surface area contributed by atoms with E-state index in [2.05, 4.69) is 5.32 Å². The number of esters is 1. The van der Waals surface area contributed by atoms with Crippen molar-refractivity contribution < 1.29 is 29.0 Å². The van der Waals surface area contributed by atoms with E-state index in [-0.39, 0.29) is 24.6 Å². The lowest BCUT2D eigenvalue weighted by atomic mass is 10.0. The summed E-state index contributed by atoms with van der Waals surface area (Å²) in [5.74, 6) is -2.00. The number of nitrogens with zero attached hydrogens (tertiary/aromatic N) is 1. The molecule has 0 aromatic carbocycles. The van der Waals surface area contributed by atoms with Crippen LogP contribution >= 0.6 is 23.1 Å². The van der Waals surface area contributed by atoms with Gasteiger partial charge in [0.2, 0.25) is 5.91 Å². The Morgan fingerprint density at radius 2 is 2.21 bits per heavy atom. The number of nitrogens with one attached hydrogen (secondary N) is 1. The van der Waals surface area contributed by atoms with Crippen molar-refractivity contribution in [3.63, 3.8) is 0 Å². The Labute approximate surface area is 169 Å². The first-order valence-corrected chi connectivity index (χ1v) is 10.3. The number of carboxylic acids is 1. The summed E-state index contributed by atoms with van der Waals surface area (Å²) in [6, 6.07) is 2.95. The Bertz CT molecular complexity index is 861. The van der Waals surface area contributed by atoms with E-state index in [1.807, 2.05) is 17.5 Å². The van der Waals surface area contributed by atoms with Crippen molar-refractivity contribution in [3.8, 4) is 0 Å². The molecule has 0 spiro atoms. The molecule has 8 nitrogen and oxygen atoms in total. The second-order valence-electron chi connectivity index (χ2n) is 6.10. The summed E-state index contributed by atoms with van der Waals surface area (Å²) in [7, 11) is 0. The van der Waals surface area contributed by atoms with Crippen molar-refractivity contribution in [1.29, 1.82) is 0 Å². The molecule has 0 saturated carbocycles. The van der Waals surface area contributed by atoms with Crippen LogP contribution in [0.5, 0.6) is 0 Å². The average molecular weight is 422 g/mol. The van der Waals surface area contributed by atoms with Gasteiger partial charge in [-0.05, 0) is 23.1 Å². The zero-order valence-corrected chi connectivity index (χ0v) is 16.5. The van der Waals surface area contributed by atoms with Crippen LogP contribution in [0, 0.1) is 0 Å². The van der Waals surface area contributed by atoms with Gasteiger partial charge >= 0.3 is 11.9 Å². The Kier molecular flexibility index (Phi) is 6.20. The fourth-order valence-electron chi connectivity index (χ4n) is 2.92. The second-order valence-corrected chi connectivity index (χ2v) is 8.23. The van der Waals surface area contributed by atoms with Gasteiger partial charge in [0.25, 0.3) is 5.91 Å². The first kappa shape index (κ1) is 20.2. The van der Waals surface area contributed by atoms with Gasteiger partial charge in [-0.3, -0.25) is 19.3 Å². The molecule has 0 unspecified atom stereocenters. The monoisotopic (exact) mass is 422 g/mol. The van der Waals surface area contributed by atoms with Crippen LogP contribution in [0.15, 0.2) is 40.9 Å². The zero-order valence-electron chi connectivity index (χ0n) is 14.9. The average Bonchev–Trinajstić information content (AvgIpc) is 3.15. The van der Waals surface area contributed by atoms with Crippen LogP contribution in [-0.4, -0.2) is 57.5 Å². The van der Waals surface area contributed by atoms with Gasteiger partial charge in [0.05, 0.1) is 6.42 Å². The van der Waals surface area contributed by atoms with Gasteiger partial charge in [-0.15, -0.1) is 23.1 Å². The van der Waals surface area contributed by atoms with Gasteiger partial charge in [-0.1, -0.05) is 12.1 Å². The van der Waals surface area contributed by atoms with E-state index < -0.39 is 29.3 Å². The van der Waals surface area contributed by atoms with Gasteiger partial charge in [-0.25, -0.2) is 4.79 Å². The predicted octanol–water partition coefficient (Wildman–Crippen LogP) is 1.15. The van der Waals surface area contributed by atoms with Crippen LogP contribution in [0.1, 0.15) is 11.8 Å². The molecule has 28 heavy (non-hydrogen) atoms. The number of rotatable bonds is 7. The SMILES string of the molecule is CC(=O)OC/C=C/C1=C(C(=O)O)N2C(=O)[C@@H](NC(=O)Cc3cccs3)[C@H]2SC1. The molecule has 1 saturated heterocycles. The van der Waals surface area contributed by atoms with Crippen molar-refractivity contribution in [2.24, 2.45) is 0 Å². The molecule has 2 amide bonds. The Morgan fingerprint density at radius 3 is 2.86 bits per heavy atom. The Balaban J connectivity index is 1.68. The smallest absolute Gasteiger partial charge is 0.352 e. The van der Waals surface area contributed by atoms with Gasteiger partial charge < -0.3 is 15.2 Å². The van der Waals surface area contributed by atoms with Crippen LogP contribution in [0.25, 0.3) is 0 Å². The first-order valence-electron chi connectivity index (χ1n) is 8.41. The van der Waals surface area contributed by atoms with E-state index in [0.29, 0.717) is 11.3 Å². The van der Waals surface area contributed by atoms with E-state index >= 15 is 0 Å². The molecule has 2 aliphatic rings. The minimum absolute atomic E-state index is 0.0230. The summed E-state index contributed by atoms with van der Waals surface area (Å²) in [5.41, 5.74) is 0.356. The molecule has 3 rings (SSSR count). The van der Waals surface area contributed by atoms with E-state index in [4.69, 9.17) is 4.74 Å². The molecule has 1 aromatic rings. The number of aliphatic carboxylic acids is 1. The molecular formula is C18H18N2O6S2. The third-order valence-corrected chi connectivity index (χ3v) is 6.31. The molecule has 3 heterocycles. The van der Waals surface area contributed by atoms with Gasteiger partial charge in [-0.2, -0.15) is 0 Å². The minimum Gasteiger partial charge on any atom is -0.477 e. The molecule has 10 heteroatoms. The number of thioether (sulfide) groups is 1. The lowest BCUT2D eigenvalue weighted by Crippen LogP contribution is -2.70. The van der Waals surface area contributed by atoms with Gasteiger partial charge in [0.1, 0.15) is 23.7 Å². The third kappa shape index (κ3) is 4.28. The quantitative estimate of drug-likeness (QED) is 0.501. The van der Waals surface area contributed by atoms with Crippen molar-refractivity contribution in [2.75, 3.05) is 12.4 Å². The van der Waals surface area contributed by atoms with E-state index in [0.717, 1.165) is 4.88 Å². The number of allylic oxidation sites excluding steroid dienone is 1. The van der Waals surface area contributed by atoms with Crippen molar-refractivity contribution >= 4 is 46.9 Å². The molecule has 1 aromatic heterocycles. The summed E-state index contributed by atoms with van der Waals surface area (Å²) < 4.78 is 4.79. The van der Waals surface area contributed by atoms with Crippen molar-refractivity contribution in [3.05, 3.63) is 45.8 Å². The van der Waals surface area contributed by atoms with Crippen molar-refractivity contribution in [2.45, 2.75) is 24.8 Å². The van der Waals surface area contributed by atoms with Crippen LogP contribution < -0.4 is 5.32 Å². The molecule has 0 radical (unpaired) electrons. The number of carbonyl (C=O) groups excluding carboxylic acids is 3. The number of hydrogen-bond donors (Lipinski definition) is 2. The molecule has 0 bridgehead atoms. The number of thiophene rings is 1. The first-order chi connectivity index (χ1) is 13.4. The maximum absolute atomic E-state index is 12.5. The van der Waals surface area contributed by atoms with E-state index in [9.17, 15) is 24.3 Å². The summed E-state index contributed by atoms with van der Waals surface area (Å²) in [6.07, 6.45) is 3.27. The normalized spacial score (nSPS) is 21.3. The van der Waals surface area contributed by atoms with Gasteiger partial charge in [0.15, 0.2) is 0 Å². The molecule has 2 atom stereocenters. The number of ether oxygens (including phenoxy) is 1. The molecule has 0 aliphatic carbocycles. The highest BCUT2D eigenvalue weighted by Crippen LogP contribution is 2.40. The fourth-order valence-corrected chi connectivity index (χ4v) is 4.94. The third-order valence-electron chi connectivity index (χ3n) is 4.13. The maximum atomic E-state index is 12.5. The van der Waals surface area contributed by atoms with Crippen LogP contribution in [0.2, 0.25) is 0 Å². The largest absolute Gasteiger partial charge is 0.477 e. The summed E-state index contributed by atoms with van der Waals surface area (Å²) in [6.45, 7) is 1.30. The second kappa shape index (κ2) is 8.61. The van der Waals surface area contributed by atoms with Crippen LogP contribution in [0.4, 0.5) is 0 Å². The van der Waals surface area contributed by atoms with Gasteiger partial charge in [0, 0.05) is 17.6 Å². The molecule has 1 fully saturated rings. The Morgan fingerprint density at radius 1 is 1.43 bits per heavy atom. The number of amides is 2. The number of hydrogen-bond acceptors (Lipinski definition) is 7. The molecule has 148 valence electrons. The Hall–Kier alpha value is -2.59. The molecule has 2 aliphatic heterocycles. The lowest BCUT2D eigenvalue weighted by Gasteiger charge is -2.49. The fraction of sp³-hybridized carbons (Fsp3) is 0.333. The number of carboxylic acid groups (broad SMARTS) is 1. The highest BCUT2D eigenvalue weighted by atomic mass is 32.2. The zero-order chi connectivity index (χ0) is 20.3. The lowest BCUT2D eigenvalue weighted by molar-refractivity contribution is -0.150. The van der Waals surface area contributed by atoms with Crippen molar-refractivity contribution in [1.82, 2.24) is 10.2 Å². The maximum Gasteiger partial charge on any atom is 0.352 e. The summed E-state index contributed by atoms with van der Waals surface area (Å²) in [5, 5.41) is 13.7. The summed E-state index contributed by atoms with van der Waals surface area (Å²) >= 11 is 2.84. The number of β-lactam (4-membered cyclic amide) rings is 1. The van der Waals surface area contributed by atoms with Crippen LogP contribution in [-0.2, 0) is 30.3 Å². The molecular weight excluding hydrogens is 404 g/mol.